The van der Waals surface area contributed by atoms with Crippen LogP contribution in [0.5, 0.6) is 0 Å². The first kappa shape index (κ1) is 17.2. The first-order valence-electron chi connectivity index (χ1n) is 8.59. The van der Waals surface area contributed by atoms with Gasteiger partial charge in [-0.2, -0.15) is 10.2 Å². The maximum absolute atomic E-state index is 6.42. The highest BCUT2D eigenvalue weighted by Crippen LogP contribution is 2.50. The van der Waals surface area contributed by atoms with Crippen LogP contribution in [0.15, 0.2) is 67.3 Å². The van der Waals surface area contributed by atoms with Crippen molar-refractivity contribution in [1.29, 1.82) is 0 Å². The van der Waals surface area contributed by atoms with Gasteiger partial charge < -0.3 is 0 Å². The van der Waals surface area contributed by atoms with Crippen LogP contribution < -0.4 is 0 Å². The number of benzene rings is 2. The molecule has 0 radical (unpaired) electrons. The van der Waals surface area contributed by atoms with Gasteiger partial charge in [0.15, 0.2) is 0 Å². The molecule has 1 aliphatic heterocycles. The fourth-order valence-electron chi connectivity index (χ4n) is 3.91. The smallest absolute Gasteiger partial charge is 0.137 e. The Kier molecular flexibility index (Phi) is 4.31. The maximum atomic E-state index is 6.42. The number of rotatable bonds is 4. The molecule has 2 heterocycles. The lowest BCUT2D eigenvalue weighted by atomic mass is 9.78. The Bertz CT molecular complexity index is 869. The topological polar surface area (TPSA) is 43.2 Å². The summed E-state index contributed by atoms with van der Waals surface area (Å²) in [7, 11) is 1.99. The molecule has 6 heteroatoms. The van der Waals surface area contributed by atoms with Gasteiger partial charge in [-0.25, -0.2) is 4.98 Å². The van der Waals surface area contributed by atoms with Crippen LogP contribution in [0.2, 0.25) is 5.02 Å². The molecule has 4 rings (SSSR count). The Hall–Kier alpha value is -2.21. The highest BCUT2D eigenvalue weighted by atomic mass is 35.5. The zero-order valence-electron chi connectivity index (χ0n) is 14.8. The van der Waals surface area contributed by atoms with E-state index < -0.39 is 5.60 Å². The van der Waals surface area contributed by atoms with Crippen molar-refractivity contribution in [2.24, 2.45) is 0 Å². The molecule has 0 N–H and O–H groups in total. The quantitative estimate of drug-likeness (QED) is 0.697. The van der Waals surface area contributed by atoms with Crippen LogP contribution in [-0.2, 0) is 22.5 Å². The first-order valence-corrected chi connectivity index (χ1v) is 8.97. The standard InChI is InChI=1S/C20H21ClN4O/c1-19(16-8-10-18(21)11-9-16)12-20(24(2)26-19,13-25-15-22-14-23-25)17-6-4-3-5-7-17/h3-11,14-15H,12-13H2,1-2H3. The number of hydrogen-bond acceptors (Lipinski definition) is 4. The van der Waals surface area contributed by atoms with Gasteiger partial charge in [-0.15, -0.1) is 0 Å². The van der Waals surface area contributed by atoms with Crippen LogP contribution in [0.4, 0.5) is 0 Å². The third kappa shape index (κ3) is 2.92. The molecule has 2 unspecified atom stereocenters. The molecule has 5 nitrogen and oxygen atoms in total. The predicted molar refractivity (Wildman–Crippen MR) is 100 cm³/mol. The Morgan fingerprint density at radius 1 is 1.08 bits per heavy atom. The van der Waals surface area contributed by atoms with E-state index in [1.54, 1.807) is 12.7 Å². The van der Waals surface area contributed by atoms with Crippen molar-refractivity contribution in [3.8, 4) is 0 Å². The number of hydrogen-bond donors (Lipinski definition) is 0. The summed E-state index contributed by atoms with van der Waals surface area (Å²) in [6.45, 7) is 2.77. The lowest BCUT2D eigenvalue weighted by Gasteiger charge is -2.34. The van der Waals surface area contributed by atoms with Crippen molar-refractivity contribution in [2.45, 2.75) is 31.0 Å². The first-order chi connectivity index (χ1) is 12.5. The van der Waals surface area contributed by atoms with Crippen LogP contribution in [0.3, 0.4) is 0 Å². The van der Waals surface area contributed by atoms with E-state index in [4.69, 9.17) is 16.4 Å². The van der Waals surface area contributed by atoms with Crippen molar-refractivity contribution >= 4 is 11.6 Å². The van der Waals surface area contributed by atoms with Gasteiger partial charge in [0.1, 0.15) is 18.3 Å². The Morgan fingerprint density at radius 2 is 1.81 bits per heavy atom. The SMILES string of the molecule is CN1OC(C)(c2ccc(Cl)cc2)CC1(Cn1cncn1)c1ccccc1. The maximum Gasteiger partial charge on any atom is 0.137 e. The molecule has 2 atom stereocenters. The van der Waals surface area contributed by atoms with Gasteiger partial charge in [0.2, 0.25) is 0 Å². The molecule has 0 amide bonds. The monoisotopic (exact) mass is 368 g/mol. The van der Waals surface area contributed by atoms with Crippen LogP contribution in [0, 0.1) is 0 Å². The van der Waals surface area contributed by atoms with Crippen molar-refractivity contribution in [2.75, 3.05) is 7.05 Å². The van der Waals surface area contributed by atoms with Gasteiger partial charge in [-0.05, 0) is 30.2 Å². The largest absolute Gasteiger partial charge is 0.287 e. The molecule has 0 bridgehead atoms. The molecule has 0 spiro atoms. The number of likely N-dealkylation sites (N-methyl/N-ethyl adjacent to an activating group) is 1. The number of hydroxylamine groups is 2. The second-order valence-electron chi connectivity index (χ2n) is 6.99. The fourth-order valence-corrected chi connectivity index (χ4v) is 4.04. The van der Waals surface area contributed by atoms with Gasteiger partial charge in [-0.1, -0.05) is 54.1 Å². The van der Waals surface area contributed by atoms with Crippen molar-refractivity contribution < 1.29 is 4.84 Å². The van der Waals surface area contributed by atoms with Gasteiger partial charge in [0.05, 0.1) is 12.1 Å². The number of aromatic nitrogens is 3. The third-order valence-electron chi connectivity index (χ3n) is 5.23. The second kappa shape index (κ2) is 6.50. The van der Waals surface area contributed by atoms with Crippen molar-refractivity contribution in [3.63, 3.8) is 0 Å². The third-order valence-corrected chi connectivity index (χ3v) is 5.48. The molecule has 0 saturated carbocycles. The molecule has 0 aliphatic carbocycles. The zero-order chi connectivity index (χ0) is 18.2. The lowest BCUT2D eigenvalue weighted by molar-refractivity contribution is -0.210. The molecule has 1 aromatic heterocycles. The number of halogens is 1. The average molecular weight is 369 g/mol. The van der Waals surface area contributed by atoms with E-state index in [1.165, 1.54) is 5.56 Å². The summed E-state index contributed by atoms with van der Waals surface area (Å²) in [6, 6.07) is 18.3. The minimum atomic E-state index is -0.463. The van der Waals surface area contributed by atoms with Crippen LogP contribution in [0.25, 0.3) is 0 Å². The van der Waals surface area contributed by atoms with Gasteiger partial charge in [-0.3, -0.25) is 9.52 Å². The summed E-state index contributed by atoms with van der Waals surface area (Å²) in [5.74, 6) is 0. The highest BCUT2D eigenvalue weighted by molar-refractivity contribution is 6.30. The average Bonchev–Trinajstić information content (AvgIpc) is 3.24. The fraction of sp³-hybridized carbons (Fsp3) is 0.300. The lowest BCUT2D eigenvalue weighted by Crippen LogP contribution is -2.42. The van der Waals surface area contributed by atoms with E-state index >= 15 is 0 Å². The van der Waals surface area contributed by atoms with E-state index in [2.05, 4.69) is 41.3 Å². The minimum Gasteiger partial charge on any atom is -0.287 e. The summed E-state index contributed by atoms with van der Waals surface area (Å²) in [4.78, 5) is 10.5. The second-order valence-corrected chi connectivity index (χ2v) is 7.43. The summed E-state index contributed by atoms with van der Waals surface area (Å²) in [5.41, 5.74) is 1.47. The van der Waals surface area contributed by atoms with Gasteiger partial charge in [0.25, 0.3) is 0 Å². The van der Waals surface area contributed by atoms with E-state index in [9.17, 15) is 0 Å². The molecule has 3 aromatic rings. The molecular weight excluding hydrogens is 348 g/mol. The zero-order valence-corrected chi connectivity index (χ0v) is 15.6. The molecule has 1 saturated heterocycles. The minimum absolute atomic E-state index is 0.358. The number of nitrogens with zero attached hydrogens (tertiary/aromatic N) is 4. The van der Waals surface area contributed by atoms with E-state index in [0.717, 1.165) is 17.0 Å². The summed E-state index contributed by atoms with van der Waals surface area (Å²) in [6.07, 6.45) is 4.09. The van der Waals surface area contributed by atoms with Crippen LogP contribution in [-0.4, -0.2) is 26.9 Å². The van der Waals surface area contributed by atoms with Crippen molar-refractivity contribution in [3.05, 3.63) is 83.4 Å². The normalized spacial score (nSPS) is 26.3. The van der Waals surface area contributed by atoms with Gasteiger partial charge >= 0.3 is 0 Å². The molecule has 1 fully saturated rings. The molecule has 1 aliphatic rings. The van der Waals surface area contributed by atoms with E-state index in [1.807, 2.05) is 47.1 Å². The van der Waals surface area contributed by atoms with Crippen LogP contribution in [0.1, 0.15) is 24.5 Å². The van der Waals surface area contributed by atoms with Crippen molar-refractivity contribution in [1.82, 2.24) is 19.8 Å². The van der Waals surface area contributed by atoms with Crippen LogP contribution >= 0.6 is 11.6 Å². The van der Waals surface area contributed by atoms with Gasteiger partial charge in [0, 0.05) is 18.5 Å². The molecule has 134 valence electrons. The Morgan fingerprint density at radius 3 is 2.46 bits per heavy atom. The summed E-state index contributed by atoms with van der Waals surface area (Å²) < 4.78 is 1.86. The summed E-state index contributed by atoms with van der Waals surface area (Å²) >= 11 is 6.07. The highest BCUT2D eigenvalue weighted by Gasteiger charge is 2.53. The Labute approximate surface area is 158 Å². The summed E-state index contributed by atoms with van der Waals surface area (Å²) in [5, 5.41) is 7.02. The van der Waals surface area contributed by atoms with E-state index in [0.29, 0.717) is 6.54 Å². The Balaban J connectivity index is 1.77. The molecule has 2 aromatic carbocycles. The molecule has 26 heavy (non-hydrogen) atoms. The molecular formula is C20H21ClN4O. The predicted octanol–water partition coefficient (Wildman–Crippen LogP) is 4.01. The van der Waals surface area contributed by atoms with E-state index in [-0.39, 0.29) is 5.54 Å².